The van der Waals surface area contributed by atoms with Gasteiger partial charge >= 0.3 is 0 Å². The van der Waals surface area contributed by atoms with E-state index in [0.29, 0.717) is 6.54 Å². The zero-order valence-electron chi connectivity index (χ0n) is 16.8. The van der Waals surface area contributed by atoms with E-state index < -0.39 is 0 Å². The van der Waals surface area contributed by atoms with Crippen LogP contribution in [-0.4, -0.2) is 21.8 Å². The van der Waals surface area contributed by atoms with Crippen molar-refractivity contribution in [2.45, 2.75) is 33.2 Å². The third-order valence-electron chi connectivity index (χ3n) is 4.58. The molecule has 0 unspecified atom stereocenters. The smallest absolute Gasteiger partial charge is 0.274 e. The van der Waals surface area contributed by atoms with Gasteiger partial charge in [0.05, 0.1) is 0 Å². The Kier molecular flexibility index (Phi) is 6.34. The maximum atomic E-state index is 12.8. The van der Waals surface area contributed by atoms with Crippen LogP contribution >= 0.6 is 0 Å². The zero-order chi connectivity index (χ0) is 20.8. The van der Waals surface area contributed by atoms with Crippen molar-refractivity contribution < 1.29 is 9.59 Å². The number of carbonyl (C=O) groups is 2. The molecule has 0 aliphatic rings. The summed E-state index contributed by atoms with van der Waals surface area (Å²) >= 11 is 0. The largest absolute Gasteiger partial charge is 0.347 e. The first-order chi connectivity index (χ1) is 14.0. The molecule has 0 bridgehead atoms. The maximum Gasteiger partial charge on any atom is 0.274 e. The van der Waals surface area contributed by atoms with Crippen LogP contribution in [0.1, 0.15) is 57.4 Å². The Hall–Kier alpha value is -3.54. The van der Waals surface area contributed by atoms with Crippen molar-refractivity contribution in [2.75, 3.05) is 5.32 Å². The molecule has 0 aliphatic heterocycles. The molecule has 2 N–H and O–H groups in total. The number of nitrogens with one attached hydrogen (secondary N) is 2. The van der Waals surface area contributed by atoms with Gasteiger partial charge in [-0.15, -0.1) is 0 Å². The summed E-state index contributed by atoms with van der Waals surface area (Å²) < 4.78 is 0. The summed E-state index contributed by atoms with van der Waals surface area (Å²) in [5.41, 5.74) is 4.16. The molecule has 0 saturated heterocycles. The van der Waals surface area contributed by atoms with Crippen LogP contribution in [0.5, 0.6) is 0 Å². The second-order valence-corrected chi connectivity index (χ2v) is 7.09. The number of carbonyl (C=O) groups excluding carboxylic acids is 2. The Balaban J connectivity index is 1.74. The van der Waals surface area contributed by atoms with Gasteiger partial charge in [0, 0.05) is 24.6 Å². The maximum absolute atomic E-state index is 12.8. The van der Waals surface area contributed by atoms with Crippen LogP contribution < -0.4 is 10.6 Å². The molecular formula is C23H24N4O2. The van der Waals surface area contributed by atoms with Gasteiger partial charge in [0.1, 0.15) is 11.4 Å². The molecule has 2 amide bonds. The van der Waals surface area contributed by atoms with E-state index in [9.17, 15) is 9.59 Å². The highest BCUT2D eigenvalue weighted by molar-refractivity contribution is 6.04. The Morgan fingerprint density at radius 1 is 0.931 bits per heavy atom. The fourth-order valence-corrected chi connectivity index (χ4v) is 2.98. The van der Waals surface area contributed by atoms with Gasteiger partial charge in [-0.25, -0.2) is 4.98 Å². The van der Waals surface area contributed by atoms with Crippen molar-refractivity contribution in [1.82, 2.24) is 15.3 Å². The van der Waals surface area contributed by atoms with Crippen LogP contribution in [0.2, 0.25) is 0 Å². The van der Waals surface area contributed by atoms with Crippen molar-refractivity contribution in [3.63, 3.8) is 0 Å². The molecule has 0 aliphatic carbocycles. The lowest BCUT2D eigenvalue weighted by Gasteiger charge is -2.16. The van der Waals surface area contributed by atoms with Crippen LogP contribution in [0.25, 0.3) is 0 Å². The van der Waals surface area contributed by atoms with Crippen LogP contribution in [-0.2, 0) is 6.54 Å². The Labute approximate surface area is 170 Å². The lowest BCUT2D eigenvalue weighted by molar-refractivity contribution is 0.0945. The zero-order valence-corrected chi connectivity index (χ0v) is 16.8. The van der Waals surface area contributed by atoms with Gasteiger partial charge in [0.2, 0.25) is 0 Å². The quantitative estimate of drug-likeness (QED) is 0.666. The number of rotatable bonds is 6. The molecule has 0 atom stereocenters. The van der Waals surface area contributed by atoms with Gasteiger partial charge in [-0.2, -0.15) is 0 Å². The molecular weight excluding hydrogens is 364 g/mol. The van der Waals surface area contributed by atoms with E-state index in [2.05, 4.69) is 34.4 Å². The van der Waals surface area contributed by atoms with E-state index in [1.54, 1.807) is 30.6 Å². The number of pyridine rings is 2. The standard InChI is InChI=1S/C23H24N4O2/c1-15(2)18-7-4-6-16(3)21(18)27-23(29)20-9-5-8-19(26-20)22(28)25-14-17-10-12-24-13-11-17/h4-13,15H,14H2,1-3H3,(H,25,28)(H,27,29). The fraction of sp³-hybridized carbons (Fsp3) is 0.217. The molecule has 6 heteroatoms. The van der Waals surface area contributed by atoms with E-state index in [1.807, 2.05) is 37.3 Å². The first-order valence-corrected chi connectivity index (χ1v) is 9.50. The number of hydrogen-bond acceptors (Lipinski definition) is 4. The number of aryl methyl sites for hydroxylation is 1. The highest BCUT2D eigenvalue weighted by Gasteiger charge is 2.16. The molecule has 0 spiro atoms. The highest BCUT2D eigenvalue weighted by Crippen LogP contribution is 2.27. The van der Waals surface area contributed by atoms with E-state index in [-0.39, 0.29) is 29.1 Å². The van der Waals surface area contributed by atoms with Gasteiger partial charge in [-0.05, 0) is 53.8 Å². The fourth-order valence-electron chi connectivity index (χ4n) is 2.98. The molecule has 3 rings (SSSR count). The first-order valence-electron chi connectivity index (χ1n) is 9.50. The molecule has 0 saturated carbocycles. The van der Waals surface area contributed by atoms with Gasteiger partial charge < -0.3 is 10.6 Å². The average Bonchev–Trinajstić information content (AvgIpc) is 2.74. The van der Waals surface area contributed by atoms with Crippen molar-refractivity contribution in [3.8, 4) is 0 Å². The van der Waals surface area contributed by atoms with E-state index >= 15 is 0 Å². The predicted molar refractivity (Wildman–Crippen MR) is 113 cm³/mol. The molecule has 1 aromatic carbocycles. The summed E-state index contributed by atoms with van der Waals surface area (Å²) in [6.07, 6.45) is 3.34. The summed E-state index contributed by atoms with van der Waals surface area (Å²) in [5, 5.41) is 5.76. The number of amides is 2. The first kappa shape index (κ1) is 20.2. The normalized spacial score (nSPS) is 10.6. The van der Waals surface area contributed by atoms with Gasteiger partial charge in [-0.1, -0.05) is 38.1 Å². The summed E-state index contributed by atoms with van der Waals surface area (Å²) in [6.45, 7) is 6.48. The minimum absolute atomic E-state index is 0.194. The molecule has 2 heterocycles. The summed E-state index contributed by atoms with van der Waals surface area (Å²) in [6, 6.07) is 14.4. The van der Waals surface area contributed by atoms with Crippen LogP contribution in [0.3, 0.4) is 0 Å². The van der Waals surface area contributed by atoms with Gasteiger partial charge in [0.25, 0.3) is 11.8 Å². The Morgan fingerprint density at radius 2 is 1.59 bits per heavy atom. The van der Waals surface area contributed by atoms with Crippen molar-refractivity contribution >= 4 is 17.5 Å². The second-order valence-electron chi connectivity index (χ2n) is 7.09. The van der Waals surface area contributed by atoms with Crippen LogP contribution in [0, 0.1) is 6.92 Å². The van der Waals surface area contributed by atoms with Gasteiger partial charge in [-0.3, -0.25) is 14.6 Å². The molecule has 2 aromatic heterocycles. The van der Waals surface area contributed by atoms with Crippen LogP contribution in [0.15, 0.2) is 60.9 Å². The van der Waals surface area contributed by atoms with Crippen molar-refractivity contribution in [3.05, 3.63) is 89.0 Å². The topological polar surface area (TPSA) is 84.0 Å². The number of benzene rings is 1. The molecule has 148 valence electrons. The minimum atomic E-state index is -0.343. The lowest BCUT2D eigenvalue weighted by atomic mass is 9.98. The number of aromatic nitrogens is 2. The number of anilines is 1. The van der Waals surface area contributed by atoms with Crippen molar-refractivity contribution in [2.24, 2.45) is 0 Å². The Bertz CT molecular complexity index is 1020. The molecule has 0 radical (unpaired) electrons. The number of para-hydroxylation sites is 1. The van der Waals surface area contributed by atoms with Crippen LogP contribution in [0.4, 0.5) is 5.69 Å². The van der Waals surface area contributed by atoms with Crippen molar-refractivity contribution in [1.29, 1.82) is 0 Å². The molecule has 0 fully saturated rings. The minimum Gasteiger partial charge on any atom is -0.347 e. The summed E-state index contributed by atoms with van der Waals surface area (Å²) in [4.78, 5) is 33.4. The third kappa shape index (κ3) is 5.04. The van der Waals surface area contributed by atoms with Gasteiger partial charge in [0.15, 0.2) is 0 Å². The number of hydrogen-bond donors (Lipinski definition) is 2. The highest BCUT2D eigenvalue weighted by atomic mass is 16.2. The van der Waals surface area contributed by atoms with E-state index in [0.717, 1.165) is 22.4 Å². The summed E-state index contributed by atoms with van der Waals surface area (Å²) in [7, 11) is 0. The molecule has 3 aromatic rings. The average molecular weight is 388 g/mol. The number of nitrogens with zero attached hydrogens (tertiary/aromatic N) is 2. The lowest BCUT2D eigenvalue weighted by Crippen LogP contribution is -2.25. The molecule has 6 nitrogen and oxygen atoms in total. The van der Waals surface area contributed by atoms with E-state index in [4.69, 9.17) is 0 Å². The summed E-state index contributed by atoms with van der Waals surface area (Å²) in [5.74, 6) is -0.413. The third-order valence-corrected chi connectivity index (χ3v) is 4.58. The monoisotopic (exact) mass is 388 g/mol. The molecule has 29 heavy (non-hydrogen) atoms. The van der Waals surface area contributed by atoms with E-state index in [1.165, 1.54) is 0 Å². The predicted octanol–water partition coefficient (Wildman–Crippen LogP) is 4.09. The second kappa shape index (κ2) is 9.10. The SMILES string of the molecule is Cc1cccc(C(C)C)c1NC(=O)c1cccc(C(=O)NCc2ccncc2)n1. The Morgan fingerprint density at radius 3 is 2.28 bits per heavy atom.